The molecule has 1 aromatic rings. The molecule has 1 spiro atoms. The Morgan fingerprint density at radius 2 is 1.96 bits per heavy atom. The summed E-state index contributed by atoms with van der Waals surface area (Å²) in [7, 11) is 0. The van der Waals surface area contributed by atoms with E-state index in [1.165, 1.54) is 4.90 Å². The van der Waals surface area contributed by atoms with Crippen molar-refractivity contribution in [2.75, 3.05) is 17.3 Å². The van der Waals surface area contributed by atoms with Crippen molar-refractivity contribution in [1.82, 2.24) is 10.2 Å². The minimum Gasteiger partial charge on any atom is -0.324 e. The highest BCUT2D eigenvalue weighted by Gasteiger charge is 2.70. The molecule has 0 saturated carbocycles. The molecule has 3 aliphatic rings. The van der Waals surface area contributed by atoms with E-state index in [1.807, 2.05) is 44.4 Å². The van der Waals surface area contributed by atoms with Gasteiger partial charge < -0.3 is 5.32 Å². The van der Waals surface area contributed by atoms with Gasteiger partial charge in [-0.2, -0.15) is 11.8 Å². The Kier molecular flexibility index (Phi) is 4.55. The van der Waals surface area contributed by atoms with Crippen molar-refractivity contribution in [3.63, 3.8) is 0 Å². The van der Waals surface area contributed by atoms with Gasteiger partial charge in [0.2, 0.25) is 17.7 Å². The maximum absolute atomic E-state index is 13.4. The number of nitrogens with one attached hydrogen (secondary N) is 2. The van der Waals surface area contributed by atoms with E-state index in [0.29, 0.717) is 6.42 Å². The van der Waals surface area contributed by atoms with Crippen LogP contribution in [-0.4, -0.2) is 46.7 Å². The molecule has 0 aliphatic carbocycles. The second-order valence-corrected chi connectivity index (χ2v) is 8.63. The van der Waals surface area contributed by atoms with Crippen molar-refractivity contribution < 1.29 is 14.4 Å². The number of thioether (sulfide) groups is 1. The maximum Gasteiger partial charge on any atom is 0.250 e. The van der Waals surface area contributed by atoms with Crippen LogP contribution in [0.1, 0.15) is 32.3 Å². The topological polar surface area (TPSA) is 78.5 Å². The van der Waals surface area contributed by atoms with E-state index in [9.17, 15) is 14.4 Å². The lowest BCUT2D eigenvalue weighted by Gasteiger charge is -2.31. The smallest absolute Gasteiger partial charge is 0.250 e. The van der Waals surface area contributed by atoms with Crippen molar-refractivity contribution in [1.29, 1.82) is 0 Å². The summed E-state index contributed by atoms with van der Waals surface area (Å²) < 4.78 is 0. The van der Waals surface area contributed by atoms with Gasteiger partial charge in [-0.3, -0.25) is 24.6 Å². The van der Waals surface area contributed by atoms with Crippen LogP contribution in [0.3, 0.4) is 0 Å². The minimum absolute atomic E-state index is 0.132. The number of likely N-dealkylation sites (tertiary alicyclic amines) is 1. The molecule has 3 aliphatic heterocycles. The number of para-hydroxylation sites is 1. The second kappa shape index (κ2) is 6.63. The molecule has 0 bridgehead atoms. The average Bonchev–Trinajstić information content (AvgIpc) is 3.24. The summed E-state index contributed by atoms with van der Waals surface area (Å²) in [5, 5.41) is 6.38. The Labute approximate surface area is 163 Å². The van der Waals surface area contributed by atoms with Gasteiger partial charge in [0.1, 0.15) is 5.54 Å². The molecule has 0 aromatic heterocycles. The van der Waals surface area contributed by atoms with Crippen LogP contribution >= 0.6 is 11.8 Å². The van der Waals surface area contributed by atoms with E-state index in [4.69, 9.17) is 0 Å². The number of carbonyl (C=O) groups is 3. The quantitative estimate of drug-likeness (QED) is 0.755. The summed E-state index contributed by atoms with van der Waals surface area (Å²) in [6, 6.07) is 7.13. The average molecular weight is 388 g/mol. The number of imide groups is 1. The zero-order chi connectivity index (χ0) is 19.3. The Hall–Kier alpha value is -1.86. The Morgan fingerprint density at radius 3 is 2.67 bits per heavy atom. The number of benzene rings is 1. The van der Waals surface area contributed by atoms with Crippen molar-refractivity contribution in [3.05, 3.63) is 29.8 Å². The zero-order valence-electron chi connectivity index (χ0n) is 15.8. The number of nitrogens with zero attached hydrogens (tertiary/aromatic N) is 1. The van der Waals surface area contributed by atoms with E-state index < -0.39 is 17.4 Å². The van der Waals surface area contributed by atoms with Crippen LogP contribution in [0.2, 0.25) is 0 Å². The lowest BCUT2D eigenvalue weighted by molar-refractivity contribution is -0.145. The zero-order valence-corrected chi connectivity index (χ0v) is 16.6. The van der Waals surface area contributed by atoms with E-state index in [0.717, 1.165) is 23.4 Å². The van der Waals surface area contributed by atoms with Gasteiger partial charge in [-0.05, 0) is 37.8 Å². The van der Waals surface area contributed by atoms with Crippen LogP contribution < -0.4 is 10.6 Å². The molecule has 3 amide bonds. The summed E-state index contributed by atoms with van der Waals surface area (Å²) in [5.74, 6) is -0.884. The molecule has 144 valence electrons. The number of anilines is 1. The van der Waals surface area contributed by atoms with Gasteiger partial charge in [-0.15, -0.1) is 0 Å². The fraction of sp³-hybridized carbons (Fsp3) is 0.550. The molecule has 0 radical (unpaired) electrons. The Bertz CT molecular complexity index is 813. The molecule has 0 unspecified atom stereocenters. The molecule has 6 nitrogen and oxygen atoms in total. The molecular weight excluding hydrogens is 362 g/mol. The van der Waals surface area contributed by atoms with Gasteiger partial charge in [0.25, 0.3) is 0 Å². The predicted octanol–water partition coefficient (Wildman–Crippen LogP) is 1.96. The molecular formula is C20H25N3O3S. The molecule has 3 heterocycles. The predicted molar refractivity (Wildman–Crippen MR) is 105 cm³/mol. The largest absolute Gasteiger partial charge is 0.324 e. The highest BCUT2D eigenvalue weighted by Crippen LogP contribution is 2.53. The van der Waals surface area contributed by atoms with Crippen LogP contribution in [0.4, 0.5) is 5.69 Å². The van der Waals surface area contributed by atoms with Gasteiger partial charge in [0.05, 0.1) is 11.8 Å². The van der Waals surface area contributed by atoms with Gasteiger partial charge >= 0.3 is 0 Å². The third-order valence-electron chi connectivity index (χ3n) is 6.32. The van der Waals surface area contributed by atoms with Crippen LogP contribution in [0.25, 0.3) is 0 Å². The molecule has 5 atom stereocenters. The number of amides is 3. The van der Waals surface area contributed by atoms with E-state index in [2.05, 4.69) is 10.6 Å². The molecule has 27 heavy (non-hydrogen) atoms. The van der Waals surface area contributed by atoms with E-state index >= 15 is 0 Å². The summed E-state index contributed by atoms with van der Waals surface area (Å²) >= 11 is 1.70. The monoisotopic (exact) mass is 387 g/mol. The van der Waals surface area contributed by atoms with Crippen molar-refractivity contribution >= 4 is 35.2 Å². The summed E-state index contributed by atoms with van der Waals surface area (Å²) in [6.07, 6.45) is 3.47. The fourth-order valence-corrected chi connectivity index (χ4v) is 5.38. The Balaban J connectivity index is 1.84. The lowest BCUT2D eigenvalue weighted by atomic mass is 9.76. The van der Waals surface area contributed by atoms with Crippen molar-refractivity contribution in [3.8, 4) is 0 Å². The molecule has 1 aromatic carbocycles. The SMILES string of the molecule is CC[C@@H](C)N1C(=O)[C@@H]2[C@H](CCSC)N[C@]3(C(=O)Nc4ccccc43)[C@@H]2C1=O. The van der Waals surface area contributed by atoms with Gasteiger partial charge in [0, 0.05) is 23.3 Å². The van der Waals surface area contributed by atoms with E-state index in [1.54, 1.807) is 11.8 Å². The first-order valence-corrected chi connectivity index (χ1v) is 10.9. The standard InChI is InChI=1S/C20H25N3O3S/c1-4-11(2)23-17(24)15-14(9-10-27-3)22-20(16(15)18(23)25)12-7-5-6-8-13(12)21-19(20)26/h5-8,11,14-16,22H,4,9-10H2,1-3H3,(H,21,26)/t11-,14+,15-,16+,20+/m1/s1. The number of carbonyl (C=O) groups excluding carboxylic acids is 3. The third kappa shape index (κ3) is 2.41. The first kappa shape index (κ1) is 18.5. The first-order chi connectivity index (χ1) is 13.0. The minimum atomic E-state index is -1.15. The molecule has 7 heteroatoms. The highest BCUT2D eigenvalue weighted by molar-refractivity contribution is 7.98. The van der Waals surface area contributed by atoms with Crippen LogP contribution in [0, 0.1) is 11.8 Å². The van der Waals surface area contributed by atoms with Crippen molar-refractivity contribution in [2.45, 2.75) is 44.3 Å². The van der Waals surface area contributed by atoms with Gasteiger partial charge in [-0.1, -0.05) is 25.1 Å². The van der Waals surface area contributed by atoms with E-state index in [-0.39, 0.29) is 29.8 Å². The molecule has 2 saturated heterocycles. The Morgan fingerprint density at radius 1 is 1.22 bits per heavy atom. The normalized spacial score (nSPS) is 32.8. The summed E-state index contributed by atoms with van der Waals surface area (Å²) in [5.41, 5.74) is 0.351. The number of fused-ring (bicyclic) bond motifs is 4. The van der Waals surface area contributed by atoms with Crippen molar-refractivity contribution in [2.24, 2.45) is 11.8 Å². The van der Waals surface area contributed by atoms with Crippen LogP contribution in [-0.2, 0) is 19.9 Å². The number of hydrogen-bond acceptors (Lipinski definition) is 5. The van der Waals surface area contributed by atoms with Crippen LogP contribution in [0.15, 0.2) is 24.3 Å². The second-order valence-electron chi connectivity index (χ2n) is 7.65. The fourth-order valence-electron chi connectivity index (χ4n) is 4.89. The maximum atomic E-state index is 13.4. The molecule has 2 fully saturated rings. The first-order valence-electron chi connectivity index (χ1n) is 9.51. The summed E-state index contributed by atoms with van der Waals surface area (Å²) in [4.78, 5) is 41.2. The van der Waals surface area contributed by atoms with Gasteiger partial charge in [0.15, 0.2) is 0 Å². The number of hydrogen-bond donors (Lipinski definition) is 2. The number of rotatable bonds is 5. The highest BCUT2D eigenvalue weighted by atomic mass is 32.2. The molecule has 4 rings (SSSR count). The lowest BCUT2D eigenvalue weighted by Crippen LogP contribution is -2.54. The third-order valence-corrected chi connectivity index (χ3v) is 6.97. The summed E-state index contributed by atoms with van der Waals surface area (Å²) in [6.45, 7) is 3.87. The van der Waals surface area contributed by atoms with Gasteiger partial charge in [-0.25, -0.2) is 0 Å². The molecule has 2 N–H and O–H groups in total. The van der Waals surface area contributed by atoms with Crippen LogP contribution in [0.5, 0.6) is 0 Å².